The number of methoxy groups -OCH3 is 2. The highest BCUT2D eigenvalue weighted by atomic mass is 31.2. The molecule has 3 rings (SSSR count). The van der Waals surface area contributed by atoms with E-state index >= 15 is 0 Å². The molecule has 2 aromatic rings. The monoisotopic (exact) mass is 562 g/mol. The van der Waals surface area contributed by atoms with Crippen molar-refractivity contribution in [1.29, 1.82) is 0 Å². The predicted molar refractivity (Wildman–Crippen MR) is 163 cm³/mol. The molecule has 1 aliphatic heterocycles. The predicted octanol–water partition coefficient (Wildman–Crippen LogP) is 7.89. The lowest BCUT2D eigenvalue weighted by atomic mass is 9.99. The van der Waals surface area contributed by atoms with Gasteiger partial charge in [0.05, 0.1) is 26.0 Å². The third-order valence-corrected chi connectivity index (χ3v) is 9.83. The van der Waals surface area contributed by atoms with Crippen molar-refractivity contribution in [1.82, 2.24) is 9.99 Å². The van der Waals surface area contributed by atoms with E-state index in [4.69, 9.17) is 14.0 Å². The number of carbonyl (C=O) groups excluding carboxylic acids is 1. The maximum atomic E-state index is 14.0. The van der Waals surface area contributed by atoms with Crippen LogP contribution in [0, 0.1) is 5.41 Å². The van der Waals surface area contributed by atoms with Gasteiger partial charge in [-0.05, 0) is 74.4 Å². The van der Waals surface area contributed by atoms with E-state index in [-0.39, 0.29) is 32.2 Å². The highest BCUT2D eigenvalue weighted by molar-refractivity contribution is 7.58. The summed E-state index contributed by atoms with van der Waals surface area (Å²) in [6, 6.07) is 13.2. The lowest BCUT2D eigenvalue weighted by Crippen LogP contribution is -2.45. The van der Waals surface area contributed by atoms with Crippen LogP contribution in [0.3, 0.4) is 0 Å². The Balaban J connectivity index is 0.00000380. The van der Waals surface area contributed by atoms with Crippen LogP contribution in [0.5, 0.6) is 11.5 Å². The minimum atomic E-state index is -3.05. The molecule has 2 aromatic carbocycles. The second-order valence-corrected chi connectivity index (χ2v) is 15.1. The Hall–Kier alpha value is -2.34. The Morgan fingerprint density at radius 3 is 1.97 bits per heavy atom. The van der Waals surface area contributed by atoms with Crippen molar-refractivity contribution in [3.05, 3.63) is 48.0 Å². The van der Waals surface area contributed by atoms with Gasteiger partial charge in [0.15, 0.2) is 0 Å². The number of ether oxygens (including phenoxy) is 2. The molecule has 0 radical (unpaired) electrons. The van der Waals surface area contributed by atoms with Gasteiger partial charge < -0.3 is 19.3 Å². The van der Waals surface area contributed by atoms with Crippen molar-refractivity contribution in [3.8, 4) is 22.6 Å². The molecule has 1 heterocycles. The summed E-state index contributed by atoms with van der Waals surface area (Å²) in [6.07, 6.45) is 1.44. The fourth-order valence-corrected chi connectivity index (χ4v) is 7.06. The fraction of sp³-hybridized carbons (Fsp3) is 0.581. The highest BCUT2D eigenvalue weighted by Gasteiger charge is 2.45. The van der Waals surface area contributed by atoms with Gasteiger partial charge in [-0.15, -0.1) is 0 Å². The molecule has 1 N–H and O–H groups in total. The Bertz CT molecular complexity index is 1110. The van der Waals surface area contributed by atoms with E-state index in [1.165, 1.54) is 0 Å². The zero-order valence-electron chi connectivity index (χ0n) is 23.6. The van der Waals surface area contributed by atoms with Crippen molar-refractivity contribution in [2.24, 2.45) is 5.41 Å². The number of nitrogens with zero attached hydrogens (tertiary/aromatic N) is 1. The average molecular weight is 563 g/mol. The molecule has 220 valence electrons. The topological polar surface area (TPSA) is 77.1 Å². The Morgan fingerprint density at radius 1 is 0.923 bits per heavy atom. The van der Waals surface area contributed by atoms with Gasteiger partial charge >= 0.3 is 0 Å². The second kappa shape index (κ2) is 13.8. The lowest BCUT2D eigenvalue weighted by Gasteiger charge is -2.43. The number of amides is 1. The van der Waals surface area contributed by atoms with Gasteiger partial charge in [-0.2, -0.15) is 0 Å². The zero-order chi connectivity index (χ0) is 27.4. The molecule has 0 bridgehead atoms. The zero-order valence-corrected chi connectivity index (χ0v) is 24.5. The van der Waals surface area contributed by atoms with E-state index in [0.29, 0.717) is 36.8 Å². The number of hydrogen-bond acceptors (Lipinski definition) is 5. The standard InChI is InChI=1S/C29H43N2O5P.2CH4/c1-28(2,3)20-36-37(33,29(4,5)6)31-14-12-24(13-15-31)30-27(32)22-11-9-10-21(16-22)23-17-25(34-7)19-26(18-23)35-8;;/h9-11,16-19,24H,12-15,20H2,1-8H3,(H,30,32);2*1H4. The van der Waals surface area contributed by atoms with Crippen molar-refractivity contribution in [2.45, 2.75) is 80.4 Å². The highest BCUT2D eigenvalue weighted by Crippen LogP contribution is 2.62. The summed E-state index contributed by atoms with van der Waals surface area (Å²) in [4.78, 5) is 13.1. The van der Waals surface area contributed by atoms with E-state index in [1.54, 1.807) is 14.2 Å². The first-order valence-electron chi connectivity index (χ1n) is 12.9. The van der Waals surface area contributed by atoms with Crippen molar-refractivity contribution in [3.63, 3.8) is 0 Å². The molecule has 0 aromatic heterocycles. The molecular formula is C31H51N2O5P. The van der Waals surface area contributed by atoms with Gasteiger partial charge in [-0.3, -0.25) is 9.36 Å². The van der Waals surface area contributed by atoms with Crippen LogP contribution in [0.1, 0.15) is 79.6 Å². The SMILES string of the molecule is C.C.COc1cc(OC)cc(-c2cccc(C(=O)NC3CCN(P(=O)(OCC(C)(C)C)C(C)(C)C)CC3)c2)c1. The summed E-state index contributed by atoms with van der Waals surface area (Å²) in [5.41, 5.74) is 2.34. The van der Waals surface area contributed by atoms with Gasteiger partial charge in [-0.25, -0.2) is 4.67 Å². The van der Waals surface area contributed by atoms with Gasteiger partial charge in [0.2, 0.25) is 0 Å². The van der Waals surface area contributed by atoms with E-state index in [0.717, 1.165) is 24.0 Å². The number of rotatable bonds is 8. The van der Waals surface area contributed by atoms with Crippen LogP contribution in [-0.2, 0) is 9.09 Å². The second-order valence-electron chi connectivity index (χ2n) is 11.9. The van der Waals surface area contributed by atoms with Gasteiger partial charge in [0.25, 0.3) is 13.4 Å². The largest absolute Gasteiger partial charge is 0.497 e. The molecule has 0 saturated carbocycles. The van der Waals surface area contributed by atoms with Crippen LogP contribution in [-0.4, -0.2) is 55.7 Å². The number of nitrogens with one attached hydrogen (secondary N) is 1. The third kappa shape index (κ3) is 8.83. The molecule has 7 nitrogen and oxygen atoms in total. The summed E-state index contributed by atoms with van der Waals surface area (Å²) < 4.78 is 33.0. The molecule has 1 unspecified atom stereocenters. The molecule has 8 heteroatoms. The van der Waals surface area contributed by atoms with Crippen molar-refractivity contribution >= 4 is 13.4 Å². The summed E-state index contributed by atoms with van der Waals surface area (Å²) in [5, 5.41) is 2.69. The minimum Gasteiger partial charge on any atom is -0.497 e. The third-order valence-electron chi connectivity index (χ3n) is 6.51. The van der Waals surface area contributed by atoms with Gasteiger partial charge in [0.1, 0.15) is 11.5 Å². The normalized spacial score (nSPS) is 16.3. The van der Waals surface area contributed by atoms with E-state index in [2.05, 4.69) is 26.1 Å². The van der Waals surface area contributed by atoms with Gasteiger partial charge in [-0.1, -0.05) is 47.8 Å². The van der Waals surface area contributed by atoms with Crippen LogP contribution in [0.25, 0.3) is 11.1 Å². The first kappa shape index (κ1) is 34.7. The number of carbonyl (C=O) groups is 1. The first-order chi connectivity index (χ1) is 17.3. The Morgan fingerprint density at radius 2 is 1.49 bits per heavy atom. The molecule has 0 spiro atoms. The van der Waals surface area contributed by atoms with E-state index in [1.807, 2.05) is 67.9 Å². The molecule has 39 heavy (non-hydrogen) atoms. The molecule has 1 aliphatic rings. The Labute approximate surface area is 237 Å². The number of hydrogen-bond donors (Lipinski definition) is 1. The van der Waals surface area contributed by atoms with E-state index in [9.17, 15) is 9.36 Å². The van der Waals surface area contributed by atoms with Crippen LogP contribution in [0.15, 0.2) is 42.5 Å². The summed E-state index contributed by atoms with van der Waals surface area (Å²) in [7, 11) is 0.184. The molecule has 1 saturated heterocycles. The average Bonchev–Trinajstić information content (AvgIpc) is 2.86. The van der Waals surface area contributed by atoms with Gasteiger partial charge in [0, 0.05) is 30.8 Å². The number of piperidine rings is 1. The Kier molecular flexibility index (Phi) is 12.3. The molecular weight excluding hydrogens is 511 g/mol. The van der Waals surface area contributed by atoms with Crippen LogP contribution < -0.4 is 14.8 Å². The van der Waals surface area contributed by atoms with Crippen LogP contribution >= 0.6 is 7.52 Å². The smallest absolute Gasteiger partial charge is 0.277 e. The molecule has 1 fully saturated rings. The minimum absolute atomic E-state index is 0. The van der Waals surface area contributed by atoms with Crippen LogP contribution in [0.2, 0.25) is 0 Å². The molecule has 1 atom stereocenters. The van der Waals surface area contributed by atoms with Crippen molar-refractivity contribution in [2.75, 3.05) is 33.9 Å². The van der Waals surface area contributed by atoms with Crippen LogP contribution in [0.4, 0.5) is 0 Å². The molecule has 0 aliphatic carbocycles. The molecule has 1 amide bonds. The maximum absolute atomic E-state index is 14.0. The first-order valence-corrected chi connectivity index (χ1v) is 14.5. The fourth-order valence-electron chi connectivity index (χ4n) is 4.34. The lowest BCUT2D eigenvalue weighted by molar-refractivity contribution is 0.0919. The van der Waals surface area contributed by atoms with E-state index < -0.39 is 12.7 Å². The number of benzene rings is 2. The quantitative estimate of drug-likeness (QED) is 0.330. The maximum Gasteiger partial charge on any atom is 0.277 e. The van der Waals surface area contributed by atoms with Crippen molar-refractivity contribution < 1.29 is 23.4 Å². The summed E-state index contributed by atoms with van der Waals surface area (Å²) in [6.45, 7) is 13.9. The summed E-state index contributed by atoms with van der Waals surface area (Å²) in [5.74, 6) is 1.27. The summed E-state index contributed by atoms with van der Waals surface area (Å²) >= 11 is 0.